The van der Waals surface area contributed by atoms with Gasteiger partial charge in [0.05, 0.1) is 17.5 Å². The molecule has 0 atom stereocenters. The lowest BCUT2D eigenvalue weighted by Crippen LogP contribution is -2.21. The quantitative estimate of drug-likeness (QED) is 0.335. The molecule has 2 aromatic carbocycles. The number of nitrogens with one attached hydrogen (secondary N) is 1. The molecule has 0 radical (unpaired) electrons. The maximum absolute atomic E-state index is 14.5. The number of amides is 1. The van der Waals surface area contributed by atoms with Gasteiger partial charge in [0.25, 0.3) is 11.8 Å². The highest BCUT2D eigenvalue weighted by molar-refractivity contribution is 6.06. The number of furan rings is 1. The van der Waals surface area contributed by atoms with Gasteiger partial charge < -0.3 is 18.9 Å². The Hall–Kier alpha value is -4.15. The van der Waals surface area contributed by atoms with Crippen molar-refractivity contribution >= 4 is 11.6 Å². The minimum atomic E-state index is -4.59. The molecule has 11 heteroatoms. The van der Waals surface area contributed by atoms with Crippen molar-refractivity contribution in [2.24, 2.45) is 0 Å². The largest absolute Gasteiger partial charge is 0.483 e. The van der Waals surface area contributed by atoms with E-state index in [1.165, 1.54) is 30.5 Å². The highest BCUT2D eigenvalue weighted by Gasteiger charge is 2.29. The van der Waals surface area contributed by atoms with E-state index in [0.717, 1.165) is 6.07 Å². The second kappa shape index (κ2) is 9.38. The maximum atomic E-state index is 14.5. The van der Waals surface area contributed by atoms with Gasteiger partial charge in [-0.2, -0.15) is 13.2 Å². The number of aromatic nitrogens is 2. The SMILES string of the molecule is CCc1ccc(OCC(F)(F)F)c(C(=O)Nc2cc(-c3nnc(-c4ccco4)o3)ccc2F)c1. The molecule has 0 unspecified atom stereocenters. The molecule has 0 spiro atoms. The Kier molecular flexibility index (Phi) is 6.35. The first-order valence-electron chi connectivity index (χ1n) is 10.0. The third-order valence-corrected chi connectivity index (χ3v) is 4.71. The monoisotopic (exact) mass is 475 g/mol. The van der Waals surface area contributed by atoms with E-state index >= 15 is 0 Å². The van der Waals surface area contributed by atoms with Crippen LogP contribution in [0.2, 0.25) is 0 Å². The number of alkyl halides is 3. The number of aryl methyl sites for hydroxylation is 1. The fraction of sp³-hybridized carbons (Fsp3) is 0.174. The van der Waals surface area contributed by atoms with Crippen molar-refractivity contribution in [3.05, 3.63) is 71.7 Å². The van der Waals surface area contributed by atoms with E-state index in [4.69, 9.17) is 13.6 Å². The van der Waals surface area contributed by atoms with E-state index in [1.54, 1.807) is 18.2 Å². The number of nitrogens with zero attached hydrogens (tertiary/aromatic N) is 2. The number of carbonyl (C=O) groups excluding carboxylic acids is 1. The summed E-state index contributed by atoms with van der Waals surface area (Å²) in [6, 6.07) is 11.2. The molecule has 1 N–H and O–H groups in total. The van der Waals surface area contributed by atoms with Crippen molar-refractivity contribution < 1.29 is 35.9 Å². The minimum Gasteiger partial charge on any atom is -0.483 e. The van der Waals surface area contributed by atoms with Crippen LogP contribution >= 0.6 is 0 Å². The Balaban J connectivity index is 1.60. The summed E-state index contributed by atoms with van der Waals surface area (Å²) in [4.78, 5) is 12.9. The second-order valence-corrected chi connectivity index (χ2v) is 7.13. The summed E-state index contributed by atoms with van der Waals surface area (Å²) in [5.74, 6) is -1.39. The van der Waals surface area contributed by atoms with Gasteiger partial charge in [-0.25, -0.2) is 4.39 Å². The van der Waals surface area contributed by atoms with Crippen LogP contribution in [-0.2, 0) is 6.42 Å². The number of hydrogen-bond acceptors (Lipinski definition) is 6. The third-order valence-electron chi connectivity index (χ3n) is 4.71. The van der Waals surface area contributed by atoms with Gasteiger partial charge >= 0.3 is 6.18 Å². The smallest absolute Gasteiger partial charge is 0.422 e. The molecule has 7 nitrogen and oxygen atoms in total. The van der Waals surface area contributed by atoms with Gasteiger partial charge in [-0.3, -0.25) is 4.79 Å². The Morgan fingerprint density at radius 2 is 1.88 bits per heavy atom. The van der Waals surface area contributed by atoms with Gasteiger partial charge in [0.15, 0.2) is 12.4 Å². The molecule has 0 saturated heterocycles. The van der Waals surface area contributed by atoms with Crippen LogP contribution in [0.5, 0.6) is 5.75 Å². The summed E-state index contributed by atoms with van der Waals surface area (Å²) in [5, 5.41) is 10.1. The highest BCUT2D eigenvalue weighted by atomic mass is 19.4. The van der Waals surface area contributed by atoms with Gasteiger partial charge in [-0.05, 0) is 54.4 Å². The Bertz CT molecular complexity index is 1300. The van der Waals surface area contributed by atoms with Crippen molar-refractivity contribution in [1.29, 1.82) is 0 Å². The number of ether oxygens (including phenoxy) is 1. The van der Waals surface area contributed by atoms with Crippen molar-refractivity contribution in [3.63, 3.8) is 0 Å². The molecule has 0 fully saturated rings. The molecule has 1 amide bonds. The topological polar surface area (TPSA) is 90.4 Å². The molecule has 2 heterocycles. The third kappa shape index (κ3) is 5.25. The summed E-state index contributed by atoms with van der Waals surface area (Å²) in [6.45, 7) is 0.246. The van der Waals surface area contributed by atoms with Gasteiger partial charge in [-0.1, -0.05) is 13.0 Å². The lowest BCUT2D eigenvalue weighted by atomic mass is 10.1. The molecule has 0 aliphatic rings. The number of carbonyl (C=O) groups is 1. The molecule has 0 saturated carbocycles. The van der Waals surface area contributed by atoms with E-state index < -0.39 is 24.5 Å². The molecule has 4 rings (SSSR count). The number of rotatable bonds is 7. The van der Waals surface area contributed by atoms with Crippen LogP contribution in [0.15, 0.2) is 63.6 Å². The van der Waals surface area contributed by atoms with E-state index in [0.29, 0.717) is 23.3 Å². The molecule has 176 valence electrons. The molecule has 34 heavy (non-hydrogen) atoms. The van der Waals surface area contributed by atoms with Crippen LogP contribution < -0.4 is 10.1 Å². The van der Waals surface area contributed by atoms with E-state index in [-0.39, 0.29) is 28.8 Å². The molecule has 0 aliphatic carbocycles. The zero-order valence-corrected chi connectivity index (χ0v) is 17.6. The summed E-state index contributed by atoms with van der Waals surface area (Å²) in [6.07, 6.45) is -2.63. The molecular formula is C23H17F4N3O4. The summed E-state index contributed by atoms with van der Waals surface area (Å²) in [5.41, 5.74) is 0.600. The fourth-order valence-corrected chi connectivity index (χ4v) is 3.04. The summed E-state index contributed by atoms with van der Waals surface area (Å²) < 4.78 is 67.8. The summed E-state index contributed by atoms with van der Waals surface area (Å²) in [7, 11) is 0. The van der Waals surface area contributed by atoms with E-state index in [9.17, 15) is 22.4 Å². The molecular weight excluding hydrogens is 458 g/mol. The fourth-order valence-electron chi connectivity index (χ4n) is 3.04. The van der Waals surface area contributed by atoms with Crippen LogP contribution in [0.4, 0.5) is 23.2 Å². The lowest BCUT2D eigenvalue weighted by Gasteiger charge is -2.15. The van der Waals surface area contributed by atoms with Gasteiger partial charge in [0.2, 0.25) is 5.89 Å². The standard InChI is InChI=1S/C23H17F4N3O4/c1-2-13-5-8-18(33-12-23(25,26)27)15(10-13)20(31)28-17-11-14(6-7-16(17)24)21-29-30-22(34-21)19-4-3-9-32-19/h3-11H,2,12H2,1H3,(H,28,31). The Morgan fingerprint density at radius 3 is 2.59 bits per heavy atom. The first-order chi connectivity index (χ1) is 16.2. The number of anilines is 1. The van der Waals surface area contributed by atoms with Crippen LogP contribution in [0, 0.1) is 5.82 Å². The molecule has 4 aromatic rings. The van der Waals surface area contributed by atoms with Gasteiger partial charge in [0.1, 0.15) is 11.6 Å². The minimum absolute atomic E-state index is 0.0454. The normalized spacial score (nSPS) is 11.4. The zero-order valence-electron chi connectivity index (χ0n) is 17.6. The molecule has 0 aliphatic heterocycles. The predicted octanol–water partition coefficient (Wildman–Crippen LogP) is 5.89. The average molecular weight is 475 g/mol. The van der Waals surface area contributed by atoms with Crippen LogP contribution in [-0.4, -0.2) is 28.9 Å². The van der Waals surface area contributed by atoms with Crippen LogP contribution in [0.25, 0.3) is 23.1 Å². The number of hydrogen-bond donors (Lipinski definition) is 1. The van der Waals surface area contributed by atoms with Crippen molar-refractivity contribution in [2.75, 3.05) is 11.9 Å². The lowest BCUT2D eigenvalue weighted by molar-refractivity contribution is -0.153. The van der Waals surface area contributed by atoms with Crippen molar-refractivity contribution in [2.45, 2.75) is 19.5 Å². The van der Waals surface area contributed by atoms with E-state index in [2.05, 4.69) is 15.5 Å². The summed E-state index contributed by atoms with van der Waals surface area (Å²) >= 11 is 0. The van der Waals surface area contributed by atoms with Gasteiger partial charge in [0, 0.05) is 5.56 Å². The second-order valence-electron chi connectivity index (χ2n) is 7.13. The first kappa shape index (κ1) is 23.0. The molecule has 2 aromatic heterocycles. The molecule has 0 bridgehead atoms. The van der Waals surface area contributed by atoms with Gasteiger partial charge in [-0.15, -0.1) is 10.2 Å². The van der Waals surface area contributed by atoms with E-state index in [1.807, 2.05) is 6.92 Å². The zero-order chi connectivity index (χ0) is 24.3. The van der Waals surface area contributed by atoms with Crippen LogP contribution in [0.1, 0.15) is 22.8 Å². The number of benzene rings is 2. The first-order valence-corrected chi connectivity index (χ1v) is 10.0. The average Bonchev–Trinajstić information content (AvgIpc) is 3.50. The van der Waals surface area contributed by atoms with Crippen LogP contribution in [0.3, 0.4) is 0 Å². The number of halogens is 4. The maximum Gasteiger partial charge on any atom is 0.422 e. The Labute approximate surface area is 190 Å². The Morgan fingerprint density at radius 1 is 1.09 bits per heavy atom. The van der Waals surface area contributed by atoms with Crippen molar-refractivity contribution in [3.8, 4) is 28.9 Å². The van der Waals surface area contributed by atoms with Crippen molar-refractivity contribution in [1.82, 2.24) is 10.2 Å². The highest BCUT2D eigenvalue weighted by Crippen LogP contribution is 2.29. The predicted molar refractivity (Wildman–Crippen MR) is 113 cm³/mol.